The van der Waals surface area contributed by atoms with Gasteiger partial charge in [-0.3, -0.25) is 4.31 Å². The van der Waals surface area contributed by atoms with Gasteiger partial charge in [0.05, 0.1) is 16.6 Å². The molecule has 1 heterocycles. The maximum atomic E-state index is 13.1. The highest BCUT2D eigenvalue weighted by atomic mass is 35.5. The molecule has 0 aliphatic carbocycles. The van der Waals surface area contributed by atoms with Gasteiger partial charge < -0.3 is 10.1 Å². The van der Waals surface area contributed by atoms with Gasteiger partial charge in [-0.05, 0) is 48.4 Å². The van der Waals surface area contributed by atoms with Gasteiger partial charge in [-0.2, -0.15) is 0 Å². The Morgan fingerprint density at radius 3 is 2.72 bits per heavy atom. The summed E-state index contributed by atoms with van der Waals surface area (Å²) in [6.07, 6.45) is 0.827. The number of methoxy groups -OCH3 is 1. The minimum absolute atomic E-state index is 0.263. The van der Waals surface area contributed by atoms with Crippen LogP contribution >= 0.6 is 11.6 Å². The molecule has 2 aromatic rings. The third kappa shape index (κ3) is 3.40. The third-order valence-corrected chi connectivity index (χ3v) is 6.46. The molecule has 0 spiro atoms. The summed E-state index contributed by atoms with van der Waals surface area (Å²) in [5.74, 6) is 0. The Balaban J connectivity index is 2.16. The second-order valence-electron chi connectivity index (χ2n) is 5.95. The van der Waals surface area contributed by atoms with Crippen LogP contribution in [0.2, 0.25) is 5.02 Å². The van der Waals surface area contributed by atoms with E-state index >= 15 is 0 Å². The van der Waals surface area contributed by atoms with Crippen LogP contribution in [-0.2, 0) is 14.8 Å². The van der Waals surface area contributed by atoms with Gasteiger partial charge in [0.15, 0.2) is 0 Å². The Hall–Kier alpha value is -1.60. The summed E-state index contributed by atoms with van der Waals surface area (Å²) in [7, 11) is -0.398. The van der Waals surface area contributed by atoms with Crippen molar-refractivity contribution in [3.05, 3.63) is 58.6 Å². The van der Waals surface area contributed by atoms with Crippen molar-refractivity contribution >= 4 is 27.3 Å². The minimum atomic E-state index is -3.65. The molecule has 0 aromatic heterocycles. The van der Waals surface area contributed by atoms with Crippen molar-refractivity contribution in [1.82, 2.24) is 5.32 Å². The molecule has 5 nitrogen and oxygen atoms in total. The number of fused-ring (bicyclic) bond motifs is 2. The standard InChI is InChI=1S/C18H21ClN2O3S/c1-21-16-7-4-3-6-14(16)18(20-10-5-11-24-2)15-12-13(19)8-9-17(15)25(21,22)23/h3-4,6-9,12,18,20H,5,10-11H2,1-2H3. The highest BCUT2D eigenvalue weighted by Gasteiger charge is 2.34. The van der Waals surface area contributed by atoms with Crippen molar-refractivity contribution in [2.45, 2.75) is 17.4 Å². The van der Waals surface area contributed by atoms with Gasteiger partial charge in [0.2, 0.25) is 0 Å². The molecule has 1 aliphatic heterocycles. The summed E-state index contributed by atoms with van der Waals surface area (Å²) < 4.78 is 32.5. The number of hydrogen-bond acceptors (Lipinski definition) is 4. The molecule has 1 unspecified atom stereocenters. The molecule has 7 heteroatoms. The van der Waals surface area contributed by atoms with Crippen LogP contribution in [0.4, 0.5) is 5.69 Å². The van der Waals surface area contributed by atoms with E-state index < -0.39 is 10.0 Å². The molecule has 1 aliphatic rings. The average molecular weight is 381 g/mol. The molecule has 1 atom stereocenters. The Kier molecular flexibility index (Phi) is 5.34. The van der Waals surface area contributed by atoms with Gasteiger partial charge in [-0.1, -0.05) is 29.8 Å². The Bertz CT molecular complexity index is 870. The van der Waals surface area contributed by atoms with Crippen LogP contribution in [0.5, 0.6) is 0 Å². The van der Waals surface area contributed by atoms with Gasteiger partial charge in [0.25, 0.3) is 10.0 Å². The lowest BCUT2D eigenvalue weighted by atomic mass is 9.97. The van der Waals surface area contributed by atoms with Crippen LogP contribution in [-0.4, -0.2) is 35.7 Å². The molecular formula is C18H21ClN2O3S. The number of ether oxygens (including phenoxy) is 1. The second-order valence-corrected chi connectivity index (χ2v) is 8.32. The fourth-order valence-corrected chi connectivity index (χ4v) is 4.74. The molecular weight excluding hydrogens is 360 g/mol. The van der Waals surface area contributed by atoms with E-state index in [-0.39, 0.29) is 10.9 Å². The zero-order valence-electron chi connectivity index (χ0n) is 14.2. The van der Waals surface area contributed by atoms with E-state index in [9.17, 15) is 8.42 Å². The van der Waals surface area contributed by atoms with Crippen LogP contribution in [0.3, 0.4) is 0 Å². The van der Waals surface area contributed by atoms with Crippen molar-refractivity contribution in [2.75, 3.05) is 31.6 Å². The Morgan fingerprint density at radius 2 is 1.96 bits per heavy atom. The fourth-order valence-electron chi connectivity index (χ4n) is 3.13. The van der Waals surface area contributed by atoms with Crippen molar-refractivity contribution in [1.29, 1.82) is 0 Å². The number of nitrogens with zero attached hydrogens (tertiary/aromatic N) is 1. The van der Waals surface area contributed by atoms with Crippen LogP contribution in [0, 0.1) is 0 Å². The fraction of sp³-hybridized carbons (Fsp3) is 0.333. The number of rotatable bonds is 5. The first-order chi connectivity index (χ1) is 12.0. The molecule has 0 amide bonds. The molecule has 25 heavy (non-hydrogen) atoms. The minimum Gasteiger partial charge on any atom is -0.385 e. The molecule has 1 N–H and O–H groups in total. The summed E-state index contributed by atoms with van der Waals surface area (Å²) in [4.78, 5) is 0.278. The first-order valence-electron chi connectivity index (χ1n) is 8.06. The van der Waals surface area contributed by atoms with E-state index in [0.717, 1.165) is 12.0 Å². The van der Waals surface area contributed by atoms with E-state index in [1.165, 1.54) is 4.31 Å². The monoisotopic (exact) mass is 380 g/mol. The van der Waals surface area contributed by atoms with Crippen molar-refractivity contribution in [3.63, 3.8) is 0 Å². The number of hydrogen-bond donors (Lipinski definition) is 1. The molecule has 2 aromatic carbocycles. The van der Waals surface area contributed by atoms with Crippen LogP contribution in [0.1, 0.15) is 23.6 Å². The highest BCUT2D eigenvalue weighted by Crippen LogP contribution is 2.40. The average Bonchev–Trinajstić information content (AvgIpc) is 2.66. The van der Waals surface area contributed by atoms with Gasteiger partial charge in [-0.25, -0.2) is 8.42 Å². The van der Waals surface area contributed by atoms with Crippen LogP contribution in [0.15, 0.2) is 47.4 Å². The molecule has 0 radical (unpaired) electrons. The van der Waals surface area contributed by atoms with Gasteiger partial charge in [0, 0.05) is 25.8 Å². The second kappa shape index (κ2) is 7.33. The van der Waals surface area contributed by atoms with Gasteiger partial charge in [-0.15, -0.1) is 0 Å². The van der Waals surface area contributed by atoms with E-state index in [0.29, 0.717) is 29.4 Å². The van der Waals surface area contributed by atoms with Gasteiger partial charge in [0.1, 0.15) is 0 Å². The lowest BCUT2D eigenvalue weighted by molar-refractivity contribution is 0.193. The first kappa shape index (κ1) is 18.2. The number of halogens is 1. The third-order valence-electron chi connectivity index (χ3n) is 4.38. The summed E-state index contributed by atoms with van der Waals surface area (Å²) in [6.45, 7) is 1.34. The molecule has 0 fully saturated rings. The predicted octanol–water partition coefficient (Wildman–Crippen LogP) is 3.19. The maximum Gasteiger partial charge on any atom is 0.264 e. The normalized spacial score (nSPS) is 18.4. The number of sulfonamides is 1. The van der Waals surface area contributed by atoms with E-state index in [2.05, 4.69) is 5.32 Å². The zero-order chi connectivity index (χ0) is 18.0. The van der Waals surface area contributed by atoms with Crippen LogP contribution < -0.4 is 9.62 Å². The summed E-state index contributed by atoms with van der Waals surface area (Å²) >= 11 is 6.18. The number of anilines is 1. The van der Waals surface area contributed by atoms with E-state index in [1.807, 2.05) is 24.3 Å². The summed E-state index contributed by atoms with van der Waals surface area (Å²) in [6, 6.07) is 12.2. The molecule has 134 valence electrons. The van der Waals surface area contributed by atoms with E-state index in [4.69, 9.17) is 16.3 Å². The van der Waals surface area contributed by atoms with Crippen LogP contribution in [0.25, 0.3) is 0 Å². The molecule has 3 rings (SSSR count). The summed E-state index contributed by atoms with van der Waals surface area (Å²) in [5.41, 5.74) is 2.24. The lowest BCUT2D eigenvalue weighted by Crippen LogP contribution is -2.26. The maximum absolute atomic E-state index is 13.1. The SMILES string of the molecule is COCCCNC1c2ccccc2N(C)S(=O)(=O)c2ccc(Cl)cc21. The van der Waals surface area contributed by atoms with E-state index in [1.54, 1.807) is 32.4 Å². The first-order valence-corrected chi connectivity index (χ1v) is 9.88. The molecule has 0 bridgehead atoms. The summed E-state index contributed by atoms with van der Waals surface area (Å²) in [5, 5.41) is 3.98. The van der Waals surface area contributed by atoms with Crippen molar-refractivity contribution in [3.8, 4) is 0 Å². The number of benzene rings is 2. The predicted molar refractivity (Wildman–Crippen MR) is 99.8 cm³/mol. The number of nitrogens with one attached hydrogen (secondary N) is 1. The largest absolute Gasteiger partial charge is 0.385 e. The zero-order valence-corrected chi connectivity index (χ0v) is 15.8. The lowest BCUT2D eigenvalue weighted by Gasteiger charge is -2.22. The molecule has 0 saturated heterocycles. The highest BCUT2D eigenvalue weighted by molar-refractivity contribution is 7.92. The Morgan fingerprint density at radius 1 is 1.20 bits per heavy atom. The van der Waals surface area contributed by atoms with Gasteiger partial charge >= 0.3 is 0 Å². The van der Waals surface area contributed by atoms with Crippen molar-refractivity contribution in [2.24, 2.45) is 0 Å². The van der Waals surface area contributed by atoms with Crippen molar-refractivity contribution < 1.29 is 13.2 Å². The topological polar surface area (TPSA) is 58.6 Å². The Labute approximate surface area is 153 Å². The molecule has 0 saturated carbocycles. The smallest absolute Gasteiger partial charge is 0.264 e. The quantitative estimate of drug-likeness (QED) is 0.809. The number of para-hydroxylation sites is 1.